The molecule has 1 aliphatic carbocycles. The van der Waals surface area contributed by atoms with Crippen molar-refractivity contribution in [2.75, 3.05) is 5.32 Å². The topological polar surface area (TPSA) is 12.0 Å². The van der Waals surface area contributed by atoms with Gasteiger partial charge in [-0.3, -0.25) is 0 Å². The molecule has 0 saturated heterocycles. The lowest BCUT2D eigenvalue weighted by Gasteiger charge is -2.24. The molecule has 1 N–H and O–H groups in total. The number of halogens is 2. The normalized spacial score (nSPS) is 17.7. The fourth-order valence-corrected chi connectivity index (χ4v) is 2.91. The molecule has 0 amide bonds. The van der Waals surface area contributed by atoms with E-state index in [2.05, 4.69) is 21.2 Å². The minimum Gasteiger partial charge on any atom is -0.380 e. The van der Waals surface area contributed by atoms with Crippen molar-refractivity contribution in [2.45, 2.75) is 38.1 Å². The highest BCUT2D eigenvalue weighted by molar-refractivity contribution is 9.10. The van der Waals surface area contributed by atoms with Crippen LogP contribution < -0.4 is 5.32 Å². The van der Waals surface area contributed by atoms with Crippen LogP contribution in [0.15, 0.2) is 22.7 Å². The van der Waals surface area contributed by atoms with Crippen molar-refractivity contribution < 1.29 is 0 Å². The van der Waals surface area contributed by atoms with Crippen molar-refractivity contribution in [3.05, 3.63) is 27.7 Å². The molecule has 0 aliphatic heterocycles. The molecule has 0 unspecified atom stereocenters. The maximum atomic E-state index is 6.16. The van der Waals surface area contributed by atoms with Crippen LogP contribution in [0.4, 0.5) is 5.69 Å². The Kier molecular flexibility index (Phi) is 3.92. The number of nitrogens with one attached hydrogen (secondary N) is 1. The Morgan fingerprint density at radius 3 is 2.60 bits per heavy atom. The van der Waals surface area contributed by atoms with Gasteiger partial charge in [-0.15, -0.1) is 0 Å². The zero-order chi connectivity index (χ0) is 10.7. The molecule has 15 heavy (non-hydrogen) atoms. The van der Waals surface area contributed by atoms with Crippen molar-refractivity contribution in [3.63, 3.8) is 0 Å². The van der Waals surface area contributed by atoms with E-state index in [1.54, 1.807) is 0 Å². The monoisotopic (exact) mass is 287 g/mol. The van der Waals surface area contributed by atoms with Gasteiger partial charge in [-0.2, -0.15) is 0 Å². The van der Waals surface area contributed by atoms with Crippen LogP contribution in [-0.4, -0.2) is 6.04 Å². The first-order valence-corrected chi connectivity index (χ1v) is 6.65. The SMILES string of the molecule is Clc1cccc(Br)c1NC1CCCCC1. The third kappa shape index (κ3) is 2.88. The Morgan fingerprint density at radius 1 is 1.20 bits per heavy atom. The van der Waals surface area contributed by atoms with E-state index in [-0.39, 0.29) is 0 Å². The van der Waals surface area contributed by atoms with Gasteiger partial charge in [0.15, 0.2) is 0 Å². The summed E-state index contributed by atoms with van der Waals surface area (Å²) in [6.45, 7) is 0. The van der Waals surface area contributed by atoms with E-state index < -0.39 is 0 Å². The van der Waals surface area contributed by atoms with Crippen LogP contribution >= 0.6 is 27.5 Å². The molecule has 0 radical (unpaired) electrons. The van der Waals surface area contributed by atoms with Gasteiger partial charge in [-0.1, -0.05) is 36.9 Å². The van der Waals surface area contributed by atoms with E-state index >= 15 is 0 Å². The number of para-hydroxylation sites is 1. The zero-order valence-electron chi connectivity index (χ0n) is 8.60. The minimum absolute atomic E-state index is 0.593. The summed E-state index contributed by atoms with van der Waals surface area (Å²) in [6, 6.07) is 6.50. The van der Waals surface area contributed by atoms with Crippen molar-refractivity contribution in [2.24, 2.45) is 0 Å². The van der Waals surface area contributed by atoms with Gasteiger partial charge in [-0.05, 0) is 40.9 Å². The smallest absolute Gasteiger partial charge is 0.0676 e. The van der Waals surface area contributed by atoms with E-state index in [0.717, 1.165) is 15.2 Å². The Balaban J connectivity index is 2.09. The molecule has 1 aromatic carbocycles. The van der Waals surface area contributed by atoms with Crippen LogP contribution in [0.3, 0.4) is 0 Å². The van der Waals surface area contributed by atoms with E-state index in [0.29, 0.717) is 6.04 Å². The molecule has 1 fully saturated rings. The van der Waals surface area contributed by atoms with Gasteiger partial charge in [0.2, 0.25) is 0 Å². The summed E-state index contributed by atoms with van der Waals surface area (Å²) in [5.74, 6) is 0. The van der Waals surface area contributed by atoms with Crippen LogP contribution in [0.1, 0.15) is 32.1 Å². The van der Waals surface area contributed by atoms with Gasteiger partial charge < -0.3 is 5.32 Å². The molecule has 0 heterocycles. The number of hydrogen-bond acceptors (Lipinski definition) is 1. The average molecular weight is 289 g/mol. The highest BCUT2D eigenvalue weighted by Gasteiger charge is 2.15. The number of anilines is 1. The molecule has 1 nitrogen and oxygen atoms in total. The molecule has 0 bridgehead atoms. The maximum absolute atomic E-state index is 6.16. The zero-order valence-corrected chi connectivity index (χ0v) is 10.9. The van der Waals surface area contributed by atoms with Crippen LogP contribution in [0.25, 0.3) is 0 Å². The molecule has 2 rings (SSSR count). The fourth-order valence-electron chi connectivity index (χ4n) is 2.09. The highest BCUT2D eigenvalue weighted by atomic mass is 79.9. The summed E-state index contributed by atoms with van der Waals surface area (Å²) in [5, 5.41) is 4.34. The van der Waals surface area contributed by atoms with Crippen molar-refractivity contribution in [1.29, 1.82) is 0 Å². The Hall–Kier alpha value is -0.210. The lowest BCUT2D eigenvalue weighted by molar-refractivity contribution is 0.462. The molecule has 1 aromatic rings. The second-order valence-electron chi connectivity index (χ2n) is 4.08. The first-order valence-electron chi connectivity index (χ1n) is 5.48. The molecule has 0 aromatic heterocycles. The van der Waals surface area contributed by atoms with Crippen molar-refractivity contribution in [3.8, 4) is 0 Å². The van der Waals surface area contributed by atoms with E-state index in [4.69, 9.17) is 11.6 Å². The van der Waals surface area contributed by atoms with E-state index in [1.807, 2.05) is 18.2 Å². The lowest BCUT2D eigenvalue weighted by atomic mass is 9.95. The number of hydrogen-bond donors (Lipinski definition) is 1. The van der Waals surface area contributed by atoms with Gasteiger partial charge in [-0.25, -0.2) is 0 Å². The molecule has 82 valence electrons. The predicted octanol–water partition coefficient (Wildman–Crippen LogP) is 4.85. The number of benzene rings is 1. The molecule has 1 aliphatic rings. The maximum Gasteiger partial charge on any atom is 0.0676 e. The number of rotatable bonds is 2. The molecular weight excluding hydrogens is 273 g/mol. The van der Waals surface area contributed by atoms with E-state index in [9.17, 15) is 0 Å². The standard InChI is InChI=1S/C12H15BrClN/c13-10-7-4-8-11(14)12(10)15-9-5-2-1-3-6-9/h4,7-9,15H,1-3,5-6H2. The highest BCUT2D eigenvalue weighted by Crippen LogP contribution is 2.32. The quantitative estimate of drug-likeness (QED) is 0.820. The summed E-state index contributed by atoms with van der Waals surface area (Å²) < 4.78 is 1.06. The molecule has 1 saturated carbocycles. The van der Waals surface area contributed by atoms with Crippen molar-refractivity contribution >= 4 is 33.2 Å². The summed E-state index contributed by atoms with van der Waals surface area (Å²) in [7, 11) is 0. The van der Waals surface area contributed by atoms with Crippen LogP contribution in [0, 0.1) is 0 Å². The van der Waals surface area contributed by atoms with Crippen molar-refractivity contribution in [1.82, 2.24) is 0 Å². The Labute approximate surface area is 104 Å². The summed E-state index contributed by atoms with van der Waals surface area (Å²) in [4.78, 5) is 0. The summed E-state index contributed by atoms with van der Waals surface area (Å²) >= 11 is 9.68. The first kappa shape index (κ1) is 11.3. The van der Waals surface area contributed by atoms with Crippen LogP contribution in [0.5, 0.6) is 0 Å². The first-order chi connectivity index (χ1) is 7.27. The van der Waals surface area contributed by atoms with E-state index in [1.165, 1.54) is 32.1 Å². The third-order valence-corrected chi connectivity index (χ3v) is 3.89. The van der Waals surface area contributed by atoms with Crippen LogP contribution in [0.2, 0.25) is 5.02 Å². The lowest BCUT2D eigenvalue weighted by Crippen LogP contribution is -2.22. The fraction of sp³-hybridized carbons (Fsp3) is 0.500. The predicted molar refractivity (Wildman–Crippen MR) is 69.6 cm³/mol. The van der Waals surface area contributed by atoms with Gasteiger partial charge >= 0.3 is 0 Å². The van der Waals surface area contributed by atoms with Gasteiger partial charge in [0, 0.05) is 10.5 Å². The molecule has 3 heteroatoms. The second-order valence-corrected chi connectivity index (χ2v) is 5.34. The van der Waals surface area contributed by atoms with Crippen LogP contribution in [-0.2, 0) is 0 Å². The minimum atomic E-state index is 0.593. The van der Waals surface area contributed by atoms with Gasteiger partial charge in [0.25, 0.3) is 0 Å². The van der Waals surface area contributed by atoms with Gasteiger partial charge in [0.1, 0.15) is 0 Å². The molecular formula is C12H15BrClN. The largest absolute Gasteiger partial charge is 0.380 e. The second kappa shape index (κ2) is 5.22. The third-order valence-electron chi connectivity index (χ3n) is 2.92. The Bertz CT molecular complexity index is 314. The summed E-state index contributed by atoms with van der Waals surface area (Å²) in [5.41, 5.74) is 1.05. The van der Waals surface area contributed by atoms with Gasteiger partial charge in [0.05, 0.1) is 10.7 Å². The molecule has 0 atom stereocenters. The summed E-state index contributed by atoms with van der Waals surface area (Å²) in [6.07, 6.45) is 6.57. The molecule has 0 spiro atoms. The Morgan fingerprint density at radius 2 is 1.93 bits per heavy atom. The average Bonchev–Trinajstić information content (AvgIpc) is 2.25.